The molecule has 0 unspecified atom stereocenters. The van der Waals surface area contributed by atoms with Gasteiger partial charge in [0.05, 0.1) is 12.1 Å². The Hall–Kier alpha value is -4.96. The van der Waals surface area contributed by atoms with Gasteiger partial charge in [0.15, 0.2) is 0 Å². The monoisotopic (exact) mass is 586 g/mol. The van der Waals surface area contributed by atoms with Gasteiger partial charge < -0.3 is 20.9 Å². The fraction of sp³-hybridized carbons (Fsp3) is 0.182. The number of hydrogen-bond acceptors (Lipinski definition) is 4. The summed E-state index contributed by atoms with van der Waals surface area (Å²) in [4.78, 5) is 41.3. The Kier molecular flexibility index (Phi) is 8.06. The minimum Gasteiger partial charge on any atom is -0.366 e. The Balaban J connectivity index is 1.46. The van der Waals surface area contributed by atoms with Crippen molar-refractivity contribution in [1.82, 2.24) is 9.80 Å². The summed E-state index contributed by atoms with van der Waals surface area (Å²) in [5, 5.41) is 2.86. The summed E-state index contributed by atoms with van der Waals surface area (Å²) in [5.41, 5.74) is 9.02. The fourth-order valence-corrected chi connectivity index (χ4v) is 5.23. The van der Waals surface area contributed by atoms with Gasteiger partial charge in [-0.2, -0.15) is 13.2 Å². The van der Waals surface area contributed by atoms with Crippen LogP contribution in [0.5, 0.6) is 0 Å². The minimum absolute atomic E-state index is 0.153. The van der Waals surface area contributed by atoms with E-state index in [0.717, 1.165) is 23.3 Å². The van der Waals surface area contributed by atoms with Crippen LogP contribution < -0.4 is 11.1 Å². The lowest BCUT2D eigenvalue weighted by atomic mass is 9.89. The number of nitrogens with zero attached hydrogens (tertiary/aromatic N) is 2. The van der Waals surface area contributed by atoms with Crippen molar-refractivity contribution in [2.75, 3.05) is 26.0 Å². The van der Waals surface area contributed by atoms with Crippen molar-refractivity contribution in [3.05, 3.63) is 113 Å². The number of alkyl halides is 3. The molecule has 0 bridgehead atoms. The van der Waals surface area contributed by atoms with Crippen molar-refractivity contribution in [1.29, 1.82) is 0 Å². The first kappa shape index (κ1) is 29.5. The highest BCUT2D eigenvalue weighted by Crippen LogP contribution is 2.39. The maximum absolute atomic E-state index is 13.8. The van der Waals surface area contributed by atoms with E-state index in [1.165, 1.54) is 12.1 Å². The number of rotatable bonds is 7. The molecule has 0 spiro atoms. The van der Waals surface area contributed by atoms with Gasteiger partial charge in [-0.15, -0.1) is 0 Å². The van der Waals surface area contributed by atoms with Gasteiger partial charge in [-0.05, 0) is 89.9 Å². The molecule has 0 aromatic heterocycles. The van der Waals surface area contributed by atoms with E-state index in [2.05, 4.69) is 5.32 Å². The quantitative estimate of drug-likeness (QED) is 0.286. The number of carbonyl (C=O) groups excluding carboxylic acids is 3. The van der Waals surface area contributed by atoms with E-state index in [-0.39, 0.29) is 29.5 Å². The molecule has 5 rings (SSSR count). The smallest absolute Gasteiger partial charge is 0.366 e. The van der Waals surface area contributed by atoms with Crippen LogP contribution in [0.15, 0.2) is 84.9 Å². The SMILES string of the molecule is CN(C)CC(=O)Nc1ccc2c(c1)CN(C(=O)c1cccc(-c3cc(C(F)(F)F)ccc3-c3ccccc3C(N)=O)c1)C2. The molecular formula is C33H29F3N4O3. The molecule has 3 amide bonds. The molecule has 0 saturated heterocycles. The van der Waals surface area contributed by atoms with Crippen molar-refractivity contribution in [3.8, 4) is 22.3 Å². The Morgan fingerprint density at radius 3 is 2.30 bits per heavy atom. The fourth-order valence-electron chi connectivity index (χ4n) is 5.23. The Bertz CT molecular complexity index is 1730. The standard InChI is InChI=1S/C33H29F3N4O3/c1-39(2)19-30(41)38-25-12-10-22-17-40(18-23(22)15-25)32(43)21-7-5-6-20(14-21)29-16-24(33(34,35)36)11-13-27(29)26-8-3-4-9-28(26)31(37)42/h3-16H,17-19H2,1-2H3,(H2,37,42)(H,38,41). The molecule has 220 valence electrons. The number of benzene rings is 4. The van der Waals surface area contributed by atoms with Crippen LogP contribution in [0.25, 0.3) is 22.3 Å². The van der Waals surface area contributed by atoms with E-state index in [1.807, 2.05) is 12.1 Å². The zero-order valence-electron chi connectivity index (χ0n) is 23.5. The molecule has 1 heterocycles. The van der Waals surface area contributed by atoms with Crippen molar-refractivity contribution < 1.29 is 27.6 Å². The molecule has 1 aliphatic rings. The van der Waals surface area contributed by atoms with Gasteiger partial charge in [-0.25, -0.2) is 0 Å². The summed E-state index contributed by atoms with van der Waals surface area (Å²) >= 11 is 0. The second kappa shape index (κ2) is 11.7. The summed E-state index contributed by atoms with van der Waals surface area (Å²) in [6.07, 6.45) is -4.60. The topological polar surface area (TPSA) is 95.7 Å². The van der Waals surface area contributed by atoms with Gasteiger partial charge in [0, 0.05) is 29.9 Å². The van der Waals surface area contributed by atoms with E-state index in [0.29, 0.717) is 41.0 Å². The molecule has 0 saturated carbocycles. The molecule has 0 atom stereocenters. The predicted octanol–water partition coefficient (Wildman–Crippen LogP) is 5.79. The normalized spacial score (nSPS) is 12.7. The van der Waals surface area contributed by atoms with E-state index in [1.54, 1.807) is 72.4 Å². The van der Waals surface area contributed by atoms with Gasteiger partial charge in [0.25, 0.3) is 5.91 Å². The zero-order valence-corrected chi connectivity index (χ0v) is 23.5. The lowest BCUT2D eigenvalue weighted by Crippen LogP contribution is -2.27. The van der Waals surface area contributed by atoms with Gasteiger partial charge in [-0.1, -0.05) is 42.5 Å². The summed E-state index contributed by atoms with van der Waals surface area (Å²) in [5.74, 6) is -1.15. The number of nitrogens with two attached hydrogens (primary N) is 1. The first-order chi connectivity index (χ1) is 20.4. The summed E-state index contributed by atoms with van der Waals surface area (Å²) in [6.45, 7) is 0.904. The second-order valence-corrected chi connectivity index (χ2v) is 10.7. The van der Waals surface area contributed by atoms with Gasteiger partial charge in [0.2, 0.25) is 11.8 Å². The van der Waals surface area contributed by atoms with E-state index < -0.39 is 17.6 Å². The largest absolute Gasteiger partial charge is 0.416 e. The number of likely N-dealkylation sites (N-methyl/N-ethyl adjacent to an activating group) is 1. The Morgan fingerprint density at radius 2 is 1.58 bits per heavy atom. The van der Waals surface area contributed by atoms with Crippen molar-refractivity contribution in [2.24, 2.45) is 5.73 Å². The second-order valence-electron chi connectivity index (χ2n) is 10.7. The molecule has 4 aromatic rings. The molecular weight excluding hydrogens is 557 g/mol. The van der Waals surface area contributed by atoms with Gasteiger partial charge >= 0.3 is 6.18 Å². The third-order valence-electron chi connectivity index (χ3n) is 7.21. The highest BCUT2D eigenvalue weighted by molar-refractivity contribution is 6.02. The van der Waals surface area contributed by atoms with Crippen LogP contribution in [0.1, 0.15) is 37.4 Å². The number of nitrogens with one attached hydrogen (secondary N) is 1. The lowest BCUT2D eigenvalue weighted by molar-refractivity contribution is -0.137. The van der Waals surface area contributed by atoms with E-state index in [9.17, 15) is 27.6 Å². The average Bonchev–Trinajstić information content (AvgIpc) is 3.39. The molecule has 7 nitrogen and oxygen atoms in total. The van der Waals surface area contributed by atoms with E-state index >= 15 is 0 Å². The maximum Gasteiger partial charge on any atom is 0.416 e. The number of anilines is 1. The first-order valence-electron chi connectivity index (χ1n) is 13.5. The van der Waals surface area contributed by atoms with Crippen molar-refractivity contribution >= 4 is 23.4 Å². The summed E-state index contributed by atoms with van der Waals surface area (Å²) in [7, 11) is 3.60. The molecule has 43 heavy (non-hydrogen) atoms. The van der Waals surface area contributed by atoms with Crippen LogP contribution in [0.3, 0.4) is 0 Å². The number of carbonyl (C=O) groups is 3. The van der Waals surface area contributed by atoms with E-state index in [4.69, 9.17) is 5.73 Å². The summed E-state index contributed by atoms with van der Waals surface area (Å²) in [6, 6.07) is 21.7. The predicted molar refractivity (Wildman–Crippen MR) is 158 cm³/mol. The molecule has 4 aromatic carbocycles. The molecule has 0 radical (unpaired) electrons. The minimum atomic E-state index is -4.60. The molecule has 10 heteroatoms. The number of fused-ring (bicyclic) bond motifs is 1. The van der Waals surface area contributed by atoms with Gasteiger partial charge in [0.1, 0.15) is 0 Å². The van der Waals surface area contributed by atoms with Gasteiger partial charge in [-0.3, -0.25) is 14.4 Å². The number of amides is 3. The highest BCUT2D eigenvalue weighted by atomic mass is 19.4. The maximum atomic E-state index is 13.8. The zero-order chi connectivity index (χ0) is 30.9. The third-order valence-corrected chi connectivity index (χ3v) is 7.21. The average molecular weight is 587 g/mol. The molecule has 0 aliphatic carbocycles. The highest BCUT2D eigenvalue weighted by Gasteiger charge is 2.32. The number of halogens is 3. The lowest BCUT2D eigenvalue weighted by Gasteiger charge is -2.18. The first-order valence-corrected chi connectivity index (χ1v) is 13.5. The van der Waals surface area contributed by atoms with Crippen LogP contribution >= 0.6 is 0 Å². The van der Waals surface area contributed by atoms with Crippen LogP contribution in [0, 0.1) is 0 Å². The number of primary amides is 1. The Morgan fingerprint density at radius 1 is 0.837 bits per heavy atom. The molecule has 1 aliphatic heterocycles. The van der Waals surface area contributed by atoms with Crippen LogP contribution in [-0.4, -0.2) is 48.2 Å². The molecule has 3 N–H and O–H groups in total. The third kappa shape index (κ3) is 6.44. The number of hydrogen-bond donors (Lipinski definition) is 2. The van der Waals surface area contributed by atoms with Crippen LogP contribution in [-0.2, 0) is 24.1 Å². The molecule has 0 fully saturated rings. The summed E-state index contributed by atoms with van der Waals surface area (Å²) < 4.78 is 41.3. The van der Waals surface area contributed by atoms with Crippen molar-refractivity contribution in [3.63, 3.8) is 0 Å². The Labute approximate surface area is 246 Å². The van der Waals surface area contributed by atoms with Crippen LogP contribution in [0.4, 0.5) is 18.9 Å². The van der Waals surface area contributed by atoms with Crippen molar-refractivity contribution in [2.45, 2.75) is 19.3 Å². The van der Waals surface area contributed by atoms with Crippen LogP contribution in [0.2, 0.25) is 0 Å².